The molecule has 0 atom stereocenters. The molecule has 0 aliphatic carbocycles. The van der Waals surface area contributed by atoms with Crippen molar-refractivity contribution in [3.05, 3.63) is 33.7 Å². The van der Waals surface area contributed by atoms with E-state index in [9.17, 15) is 18.4 Å². The number of hydrogen-bond acceptors (Lipinski definition) is 3. The Morgan fingerprint density at radius 2 is 2.22 bits per heavy atom. The van der Waals surface area contributed by atoms with Crippen molar-refractivity contribution < 1.29 is 13.6 Å². The number of aromatic amines is 1. The van der Waals surface area contributed by atoms with E-state index in [-0.39, 0.29) is 18.7 Å². The Hall–Kier alpha value is -1.76. The minimum absolute atomic E-state index is 0.0174. The number of hydrogen-bond donors (Lipinski definition) is 2. The summed E-state index contributed by atoms with van der Waals surface area (Å²) in [6.45, 7) is 0.967. The monoisotopic (exact) mass is 259 g/mol. The van der Waals surface area contributed by atoms with E-state index < -0.39 is 24.3 Å². The van der Waals surface area contributed by atoms with E-state index in [0.29, 0.717) is 5.69 Å². The Morgan fingerprint density at radius 1 is 1.56 bits per heavy atom. The lowest BCUT2D eigenvalue weighted by atomic mass is 10.2. The van der Waals surface area contributed by atoms with Crippen LogP contribution in [0.5, 0.6) is 0 Å². The minimum atomic E-state index is -2.66. The summed E-state index contributed by atoms with van der Waals surface area (Å²) in [5.41, 5.74) is 5.20. The van der Waals surface area contributed by atoms with Crippen molar-refractivity contribution in [2.75, 3.05) is 19.6 Å². The van der Waals surface area contributed by atoms with Crippen LogP contribution in [0, 0.1) is 6.92 Å². The minimum Gasteiger partial charge on any atom is -0.364 e. The first-order valence-corrected chi connectivity index (χ1v) is 5.42. The van der Waals surface area contributed by atoms with Gasteiger partial charge in [0.25, 0.3) is 12.3 Å². The molecular weight excluding hydrogens is 244 g/mol. The van der Waals surface area contributed by atoms with Crippen molar-refractivity contribution in [2.24, 2.45) is 5.73 Å². The third kappa shape index (κ3) is 3.63. The van der Waals surface area contributed by atoms with Crippen LogP contribution in [-0.2, 0) is 0 Å². The quantitative estimate of drug-likeness (QED) is 0.800. The summed E-state index contributed by atoms with van der Waals surface area (Å²) in [4.78, 5) is 27.1. The summed E-state index contributed by atoms with van der Waals surface area (Å²) in [6, 6.07) is 1.25. The predicted octanol–water partition coefficient (Wildman–Crippen LogP) is 0.349. The second-order valence-corrected chi connectivity index (χ2v) is 3.82. The summed E-state index contributed by atoms with van der Waals surface area (Å²) < 4.78 is 24.7. The molecule has 0 aliphatic heterocycles. The van der Waals surface area contributed by atoms with Crippen molar-refractivity contribution in [2.45, 2.75) is 13.3 Å². The number of nitrogens with one attached hydrogen (secondary N) is 1. The first-order chi connectivity index (χ1) is 8.45. The maximum Gasteiger partial charge on any atom is 0.259 e. The van der Waals surface area contributed by atoms with Crippen LogP contribution in [0.4, 0.5) is 8.78 Å². The number of nitrogens with zero attached hydrogens (tertiary/aromatic N) is 1. The Labute approximate surface area is 103 Å². The number of carbonyl (C=O) groups is 1. The van der Waals surface area contributed by atoms with Gasteiger partial charge in [-0.05, 0) is 6.92 Å². The number of aromatic nitrogens is 1. The summed E-state index contributed by atoms with van der Waals surface area (Å²) in [6.07, 6.45) is -1.43. The highest BCUT2D eigenvalue weighted by Gasteiger charge is 2.21. The third-order valence-electron chi connectivity index (χ3n) is 2.33. The molecule has 1 aromatic heterocycles. The zero-order valence-electron chi connectivity index (χ0n) is 9.95. The SMILES string of the molecule is Cc1cc(=O)c(C(=O)N(CCN)CC(F)F)c[nH]1. The Kier molecular flexibility index (Phi) is 4.96. The summed E-state index contributed by atoms with van der Waals surface area (Å²) >= 11 is 0. The zero-order valence-corrected chi connectivity index (χ0v) is 9.95. The lowest BCUT2D eigenvalue weighted by Gasteiger charge is -2.21. The van der Waals surface area contributed by atoms with Crippen LogP contribution in [0.15, 0.2) is 17.1 Å². The van der Waals surface area contributed by atoms with E-state index >= 15 is 0 Å². The van der Waals surface area contributed by atoms with Crippen LogP contribution >= 0.6 is 0 Å². The van der Waals surface area contributed by atoms with E-state index in [0.717, 1.165) is 4.90 Å². The lowest BCUT2D eigenvalue weighted by molar-refractivity contribution is 0.0561. The number of aryl methyl sites for hydroxylation is 1. The Balaban J connectivity index is 2.98. The third-order valence-corrected chi connectivity index (χ3v) is 2.33. The number of H-pyrrole nitrogens is 1. The topological polar surface area (TPSA) is 79.2 Å². The second kappa shape index (κ2) is 6.25. The molecule has 1 heterocycles. The number of alkyl halides is 2. The van der Waals surface area contributed by atoms with E-state index in [1.54, 1.807) is 6.92 Å². The average molecular weight is 259 g/mol. The molecule has 18 heavy (non-hydrogen) atoms. The van der Waals surface area contributed by atoms with Crippen LogP contribution in [0.3, 0.4) is 0 Å². The zero-order chi connectivity index (χ0) is 13.7. The van der Waals surface area contributed by atoms with E-state index in [4.69, 9.17) is 5.73 Å². The van der Waals surface area contributed by atoms with Gasteiger partial charge in [0.15, 0.2) is 5.43 Å². The molecule has 0 saturated heterocycles. The van der Waals surface area contributed by atoms with Gasteiger partial charge in [0.1, 0.15) is 5.56 Å². The normalized spacial score (nSPS) is 10.7. The largest absolute Gasteiger partial charge is 0.364 e. The van der Waals surface area contributed by atoms with Gasteiger partial charge in [0, 0.05) is 31.0 Å². The fourth-order valence-electron chi connectivity index (χ4n) is 1.51. The fraction of sp³-hybridized carbons (Fsp3) is 0.455. The van der Waals surface area contributed by atoms with Crippen LogP contribution in [0.2, 0.25) is 0 Å². The molecule has 100 valence electrons. The molecule has 0 spiro atoms. The number of nitrogens with two attached hydrogens (primary N) is 1. The first kappa shape index (κ1) is 14.3. The second-order valence-electron chi connectivity index (χ2n) is 3.82. The summed E-state index contributed by atoms with van der Waals surface area (Å²) in [5.74, 6) is -0.734. The molecule has 0 unspecified atom stereocenters. The molecular formula is C11H15F2N3O2. The van der Waals surface area contributed by atoms with Crippen LogP contribution in [-0.4, -0.2) is 41.9 Å². The maximum atomic E-state index is 12.3. The smallest absolute Gasteiger partial charge is 0.259 e. The van der Waals surface area contributed by atoms with Crippen molar-refractivity contribution in [1.82, 2.24) is 9.88 Å². The van der Waals surface area contributed by atoms with Gasteiger partial charge < -0.3 is 15.6 Å². The standard InChI is InChI=1S/C11H15F2N3O2/c1-7-4-9(17)8(5-15-7)11(18)16(3-2-14)6-10(12)13/h4-5,10H,2-3,6,14H2,1H3,(H,15,17). The summed E-state index contributed by atoms with van der Waals surface area (Å²) in [5, 5.41) is 0. The van der Waals surface area contributed by atoms with E-state index in [1.165, 1.54) is 12.3 Å². The van der Waals surface area contributed by atoms with Crippen molar-refractivity contribution in [3.8, 4) is 0 Å². The van der Waals surface area contributed by atoms with Crippen molar-refractivity contribution in [3.63, 3.8) is 0 Å². The molecule has 0 aromatic carbocycles. The van der Waals surface area contributed by atoms with Gasteiger partial charge in [-0.1, -0.05) is 0 Å². The van der Waals surface area contributed by atoms with Gasteiger partial charge in [-0.15, -0.1) is 0 Å². The Morgan fingerprint density at radius 3 is 2.72 bits per heavy atom. The number of pyridine rings is 1. The summed E-state index contributed by atoms with van der Waals surface area (Å²) in [7, 11) is 0. The molecule has 5 nitrogen and oxygen atoms in total. The maximum absolute atomic E-state index is 12.3. The van der Waals surface area contributed by atoms with Crippen LogP contribution < -0.4 is 11.2 Å². The van der Waals surface area contributed by atoms with E-state index in [1.807, 2.05) is 0 Å². The predicted molar refractivity (Wildman–Crippen MR) is 62.8 cm³/mol. The molecule has 0 bridgehead atoms. The molecule has 0 fully saturated rings. The van der Waals surface area contributed by atoms with E-state index in [2.05, 4.69) is 4.98 Å². The molecule has 1 rings (SSSR count). The molecule has 0 radical (unpaired) electrons. The van der Waals surface area contributed by atoms with Crippen LogP contribution in [0.25, 0.3) is 0 Å². The molecule has 7 heteroatoms. The molecule has 0 saturated carbocycles. The highest BCUT2D eigenvalue weighted by molar-refractivity contribution is 5.93. The Bertz CT molecular complexity index is 474. The van der Waals surface area contributed by atoms with Gasteiger partial charge in [-0.2, -0.15) is 0 Å². The average Bonchev–Trinajstić information content (AvgIpc) is 2.27. The molecule has 3 N–H and O–H groups in total. The van der Waals surface area contributed by atoms with Crippen molar-refractivity contribution >= 4 is 5.91 Å². The van der Waals surface area contributed by atoms with Crippen molar-refractivity contribution in [1.29, 1.82) is 0 Å². The van der Waals surface area contributed by atoms with Crippen LogP contribution in [0.1, 0.15) is 16.1 Å². The highest BCUT2D eigenvalue weighted by Crippen LogP contribution is 2.03. The van der Waals surface area contributed by atoms with Gasteiger partial charge in [-0.25, -0.2) is 8.78 Å². The van der Waals surface area contributed by atoms with Gasteiger partial charge in [0.05, 0.1) is 6.54 Å². The number of halogens is 2. The highest BCUT2D eigenvalue weighted by atomic mass is 19.3. The number of carbonyl (C=O) groups excluding carboxylic acids is 1. The van der Waals surface area contributed by atoms with Gasteiger partial charge in [0.2, 0.25) is 0 Å². The molecule has 0 aliphatic rings. The number of amides is 1. The fourth-order valence-corrected chi connectivity index (χ4v) is 1.51. The van der Waals surface area contributed by atoms with Gasteiger partial charge >= 0.3 is 0 Å². The number of rotatable bonds is 5. The molecule has 1 amide bonds. The first-order valence-electron chi connectivity index (χ1n) is 5.42. The lowest BCUT2D eigenvalue weighted by Crippen LogP contribution is -2.40. The van der Waals surface area contributed by atoms with Gasteiger partial charge in [-0.3, -0.25) is 9.59 Å². The molecule has 1 aromatic rings.